The summed E-state index contributed by atoms with van der Waals surface area (Å²) in [6.45, 7) is 6.91. The molecule has 5 rings (SSSR count). The third-order valence-corrected chi connectivity index (χ3v) is 7.09. The molecule has 1 aliphatic rings. The highest BCUT2D eigenvalue weighted by atomic mass is 79.9. The molecule has 0 bridgehead atoms. The van der Waals surface area contributed by atoms with Crippen LogP contribution in [0.4, 0.5) is 10.2 Å². The molecule has 4 aromatic rings. The number of carbonyl (C=O) groups excluding carboxylic acids is 1. The molecule has 186 valence electrons. The minimum atomic E-state index is -0.353. The monoisotopic (exact) mass is 552 g/mol. The van der Waals surface area contributed by atoms with Gasteiger partial charge < -0.3 is 4.90 Å². The standard InChI is InChI=1S/C26H26BrFN6O2/c1-16-17(2)30-34(25(16)35)31-24-13-19(22-8-5-20(27)14-23(22)29-24)15-32-9-11-33(12-10-32)26(36)18-3-6-21(28)7-4-18/h3-8,13-14,30H,9-12,15H2,1-2H3,(H,29,31). The highest BCUT2D eigenvalue weighted by Gasteiger charge is 2.23. The summed E-state index contributed by atoms with van der Waals surface area (Å²) < 4.78 is 14.1. The first kappa shape index (κ1) is 24.2. The van der Waals surface area contributed by atoms with Crippen LogP contribution >= 0.6 is 15.9 Å². The van der Waals surface area contributed by atoms with Crippen LogP contribution in [0.2, 0.25) is 0 Å². The molecule has 0 spiro atoms. The van der Waals surface area contributed by atoms with Crippen molar-refractivity contribution in [3.8, 4) is 0 Å². The number of rotatable bonds is 5. The van der Waals surface area contributed by atoms with E-state index in [1.807, 2.05) is 31.2 Å². The first-order chi connectivity index (χ1) is 17.3. The lowest BCUT2D eigenvalue weighted by atomic mass is 10.1. The summed E-state index contributed by atoms with van der Waals surface area (Å²) in [5, 5.41) is 4.06. The zero-order chi connectivity index (χ0) is 25.4. The number of aromatic nitrogens is 3. The number of halogens is 2. The van der Waals surface area contributed by atoms with Gasteiger partial charge in [0.15, 0.2) is 0 Å². The van der Waals surface area contributed by atoms with E-state index in [4.69, 9.17) is 4.98 Å². The van der Waals surface area contributed by atoms with Gasteiger partial charge in [-0.05, 0) is 61.9 Å². The smallest absolute Gasteiger partial charge is 0.289 e. The van der Waals surface area contributed by atoms with Gasteiger partial charge >= 0.3 is 0 Å². The second-order valence-corrected chi connectivity index (χ2v) is 9.93. The van der Waals surface area contributed by atoms with Gasteiger partial charge in [0.05, 0.1) is 5.52 Å². The minimum Gasteiger partial charge on any atom is -0.336 e. The van der Waals surface area contributed by atoms with Crippen molar-refractivity contribution in [2.24, 2.45) is 0 Å². The Morgan fingerprint density at radius 2 is 1.81 bits per heavy atom. The Hall–Kier alpha value is -3.50. The molecular weight excluding hydrogens is 527 g/mol. The zero-order valence-corrected chi connectivity index (χ0v) is 21.6. The highest BCUT2D eigenvalue weighted by Crippen LogP contribution is 2.26. The average molecular weight is 553 g/mol. The molecule has 2 N–H and O–H groups in total. The zero-order valence-electron chi connectivity index (χ0n) is 20.0. The van der Waals surface area contributed by atoms with Crippen LogP contribution in [0.3, 0.4) is 0 Å². The van der Waals surface area contributed by atoms with Gasteiger partial charge in [-0.25, -0.2) is 9.37 Å². The van der Waals surface area contributed by atoms with Gasteiger partial charge in [0.2, 0.25) is 0 Å². The Morgan fingerprint density at radius 1 is 1.08 bits per heavy atom. The van der Waals surface area contributed by atoms with Crippen molar-refractivity contribution in [2.45, 2.75) is 20.4 Å². The number of H-pyrrole nitrogens is 1. The molecule has 0 atom stereocenters. The van der Waals surface area contributed by atoms with Gasteiger partial charge in [-0.2, -0.15) is 4.79 Å². The van der Waals surface area contributed by atoms with E-state index >= 15 is 0 Å². The molecule has 1 aliphatic heterocycles. The topological polar surface area (TPSA) is 86.3 Å². The number of amides is 1. The predicted molar refractivity (Wildman–Crippen MR) is 141 cm³/mol. The molecule has 3 heterocycles. The van der Waals surface area contributed by atoms with E-state index in [0.717, 1.165) is 26.6 Å². The molecule has 36 heavy (non-hydrogen) atoms. The maximum Gasteiger partial charge on any atom is 0.289 e. The number of fused-ring (bicyclic) bond motifs is 1. The van der Waals surface area contributed by atoms with Gasteiger partial charge in [0.1, 0.15) is 11.6 Å². The molecular formula is C26H26BrFN6O2. The molecule has 0 saturated carbocycles. The van der Waals surface area contributed by atoms with Crippen molar-refractivity contribution in [3.63, 3.8) is 0 Å². The molecule has 1 saturated heterocycles. The summed E-state index contributed by atoms with van der Waals surface area (Å²) in [5.41, 5.74) is 6.77. The average Bonchev–Trinajstić information content (AvgIpc) is 3.10. The molecule has 0 aliphatic carbocycles. The SMILES string of the molecule is Cc1[nH]n(Nc2cc(CN3CCN(C(=O)c4ccc(F)cc4)CC3)c3ccc(Br)cc3n2)c(=O)c1C. The fourth-order valence-corrected chi connectivity index (χ4v) is 4.76. The summed E-state index contributed by atoms with van der Waals surface area (Å²) >= 11 is 3.52. The van der Waals surface area contributed by atoms with Gasteiger partial charge in [-0.1, -0.05) is 22.0 Å². The number of hydrogen-bond donors (Lipinski definition) is 2. The number of nitrogens with zero attached hydrogens (tertiary/aromatic N) is 4. The van der Waals surface area contributed by atoms with E-state index in [1.54, 1.807) is 11.8 Å². The molecule has 2 aromatic heterocycles. The fourth-order valence-electron chi connectivity index (χ4n) is 4.41. The van der Waals surface area contributed by atoms with Crippen LogP contribution in [0.25, 0.3) is 10.9 Å². The number of hydrogen-bond acceptors (Lipinski definition) is 5. The number of aryl methyl sites for hydroxylation is 1. The highest BCUT2D eigenvalue weighted by molar-refractivity contribution is 9.10. The predicted octanol–water partition coefficient (Wildman–Crippen LogP) is 4.08. The van der Waals surface area contributed by atoms with Crippen LogP contribution in [0, 0.1) is 19.7 Å². The Labute approximate surface area is 215 Å². The van der Waals surface area contributed by atoms with Crippen molar-refractivity contribution >= 4 is 38.6 Å². The molecule has 1 amide bonds. The number of nitrogens with one attached hydrogen (secondary N) is 2. The van der Waals surface area contributed by atoms with E-state index in [0.29, 0.717) is 49.7 Å². The second kappa shape index (κ2) is 9.87. The Morgan fingerprint density at radius 3 is 2.47 bits per heavy atom. The third kappa shape index (κ3) is 4.91. The van der Waals surface area contributed by atoms with Crippen LogP contribution in [-0.2, 0) is 6.54 Å². The number of benzene rings is 2. The van der Waals surface area contributed by atoms with E-state index < -0.39 is 0 Å². The summed E-state index contributed by atoms with van der Waals surface area (Å²) in [5.74, 6) is 0.125. The van der Waals surface area contributed by atoms with E-state index in [1.165, 1.54) is 29.1 Å². The van der Waals surface area contributed by atoms with Crippen LogP contribution in [0.5, 0.6) is 0 Å². The minimum absolute atomic E-state index is 0.0812. The van der Waals surface area contributed by atoms with Crippen LogP contribution in [0.1, 0.15) is 27.2 Å². The summed E-state index contributed by atoms with van der Waals surface area (Å²) in [4.78, 5) is 35.5. The lowest BCUT2D eigenvalue weighted by Gasteiger charge is -2.35. The summed E-state index contributed by atoms with van der Waals surface area (Å²) in [7, 11) is 0. The van der Waals surface area contributed by atoms with Crippen molar-refractivity contribution < 1.29 is 9.18 Å². The van der Waals surface area contributed by atoms with Crippen LogP contribution in [-0.4, -0.2) is 56.8 Å². The first-order valence-electron chi connectivity index (χ1n) is 11.7. The summed E-state index contributed by atoms with van der Waals surface area (Å²) in [6, 6.07) is 13.6. The van der Waals surface area contributed by atoms with E-state index in [2.05, 4.69) is 31.4 Å². The quantitative estimate of drug-likeness (QED) is 0.389. The maximum absolute atomic E-state index is 13.2. The summed E-state index contributed by atoms with van der Waals surface area (Å²) in [6.07, 6.45) is 0. The largest absolute Gasteiger partial charge is 0.336 e. The number of anilines is 1. The van der Waals surface area contributed by atoms with Crippen molar-refractivity contribution in [2.75, 3.05) is 31.6 Å². The van der Waals surface area contributed by atoms with E-state index in [9.17, 15) is 14.0 Å². The second-order valence-electron chi connectivity index (χ2n) is 9.02. The lowest BCUT2D eigenvalue weighted by molar-refractivity contribution is 0.0629. The van der Waals surface area contributed by atoms with Gasteiger partial charge in [-0.15, -0.1) is 0 Å². The lowest BCUT2D eigenvalue weighted by Crippen LogP contribution is -2.48. The molecule has 0 radical (unpaired) electrons. The molecule has 2 aromatic carbocycles. The number of aromatic amines is 1. The third-order valence-electron chi connectivity index (χ3n) is 6.59. The fraction of sp³-hybridized carbons (Fsp3) is 0.269. The Kier molecular flexibility index (Phi) is 6.63. The maximum atomic E-state index is 13.2. The number of carbonyl (C=O) groups is 1. The molecule has 0 unspecified atom stereocenters. The van der Waals surface area contributed by atoms with Crippen LogP contribution in [0.15, 0.2) is 57.8 Å². The molecule has 1 fully saturated rings. The van der Waals surface area contributed by atoms with Crippen molar-refractivity contribution in [1.82, 2.24) is 24.7 Å². The number of pyridine rings is 1. The number of piperazine rings is 1. The first-order valence-corrected chi connectivity index (χ1v) is 12.5. The Bertz CT molecular complexity index is 1490. The Balaban J connectivity index is 1.35. The van der Waals surface area contributed by atoms with Crippen LogP contribution < -0.4 is 11.0 Å². The molecule has 8 nitrogen and oxygen atoms in total. The van der Waals surface area contributed by atoms with Gasteiger partial charge in [0.25, 0.3) is 11.5 Å². The van der Waals surface area contributed by atoms with Gasteiger partial charge in [-0.3, -0.25) is 25.0 Å². The van der Waals surface area contributed by atoms with Crippen molar-refractivity contribution in [3.05, 3.63) is 91.6 Å². The van der Waals surface area contributed by atoms with Gasteiger partial charge in [0, 0.05) is 59.4 Å². The van der Waals surface area contributed by atoms with Crippen molar-refractivity contribution in [1.29, 1.82) is 0 Å². The van der Waals surface area contributed by atoms with E-state index in [-0.39, 0.29) is 17.3 Å². The normalized spacial score (nSPS) is 14.4. The molecule has 10 heteroatoms.